The third kappa shape index (κ3) is 3.88. The minimum absolute atomic E-state index is 0.268. The molecular formula is C19H18F3N3O3. The van der Waals surface area contributed by atoms with Crippen LogP contribution >= 0.6 is 0 Å². The number of halogens is 3. The Hall–Kier alpha value is -3.23. The Kier molecular flexibility index (Phi) is 5.72. The molecule has 0 unspecified atom stereocenters. The van der Waals surface area contributed by atoms with Gasteiger partial charge in [-0.15, -0.1) is 0 Å². The van der Waals surface area contributed by atoms with Gasteiger partial charge in [0.25, 0.3) is 0 Å². The van der Waals surface area contributed by atoms with E-state index in [9.17, 15) is 22.8 Å². The number of hydrogen-bond donors (Lipinski definition) is 1. The average Bonchev–Trinajstić information content (AvgIpc) is 2.73. The van der Waals surface area contributed by atoms with Crippen molar-refractivity contribution in [2.24, 2.45) is 0 Å². The normalized spacial score (nSPS) is 14.0. The van der Waals surface area contributed by atoms with E-state index in [-0.39, 0.29) is 13.1 Å². The van der Waals surface area contributed by atoms with Gasteiger partial charge in [-0.3, -0.25) is 9.59 Å². The molecule has 1 N–H and O–H groups in total. The zero-order valence-electron chi connectivity index (χ0n) is 15.0. The minimum Gasteiger partial charge on any atom is -0.495 e. The molecule has 1 aliphatic rings. The van der Waals surface area contributed by atoms with Gasteiger partial charge in [0.15, 0.2) is 17.5 Å². The number of carbonyl (C=O) groups is 2. The van der Waals surface area contributed by atoms with E-state index in [0.29, 0.717) is 24.9 Å². The fourth-order valence-corrected chi connectivity index (χ4v) is 2.98. The number of methoxy groups -OCH3 is 1. The molecule has 2 amide bonds. The van der Waals surface area contributed by atoms with Crippen molar-refractivity contribution in [1.82, 2.24) is 4.90 Å². The summed E-state index contributed by atoms with van der Waals surface area (Å²) in [6.45, 7) is 1.48. The maximum absolute atomic E-state index is 13.7. The van der Waals surface area contributed by atoms with E-state index in [2.05, 4.69) is 0 Å². The van der Waals surface area contributed by atoms with Crippen LogP contribution in [0.1, 0.15) is 0 Å². The molecule has 9 heteroatoms. The van der Waals surface area contributed by atoms with Crippen LogP contribution in [0.2, 0.25) is 0 Å². The molecule has 6 nitrogen and oxygen atoms in total. The monoisotopic (exact) mass is 393 g/mol. The summed E-state index contributed by atoms with van der Waals surface area (Å²) in [7, 11) is 1.57. The molecular weight excluding hydrogens is 375 g/mol. The van der Waals surface area contributed by atoms with E-state index in [0.717, 1.165) is 11.8 Å². The first-order chi connectivity index (χ1) is 13.4. The SMILES string of the molecule is COc1ccccc1N1CCN(C(=O)C(=O)Nc2ccc(F)c(F)c2F)CC1. The zero-order chi connectivity index (χ0) is 20.3. The van der Waals surface area contributed by atoms with Crippen LogP contribution in [-0.4, -0.2) is 50.0 Å². The number of anilines is 2. The summed E-state index contributed by atoms with van der Waals surface area (Å²) in [5, 5.41) is 1.99. The molecule has 0 aromatic heterocycles. The van der Waals surface area contributed by atoms with Crippen LogP contribution in [0.25, 0.3) is 0 Å². The first kappa shape index (κ1) is 19.5. The van der Waals surface area contributed by atoms with Crippen molar-refractivity contribution in [3.8, 4) is 5.75 Å². The van der Waals surface area contributed by atoms with Gasteiger partial charge in [0.1, 0.15) is 5.75 Å². The molecule has 2 aromatic rings. The lowest BCUT2D eigenvalue weighted by molar-refractivity contribution is -0.143. The van der Waals surface area contributed by atoms with Crippen molar-refractivity contribution in [1.29, 1.82) is 0 Å². The fraction of sp³-hybridized carbons (Fsp3) is 0.263. The molecule has 2 aromatic carbocycles. The molecule has 3 rings (SSSR count). The summed E-state index contributed by atoms with van der Waals surface area (Å²) < 4.78 is 45.2. The largest absolute Gasteiger partial charge is 0.495 e. The smallest absolute Gasteiger partial charge is 0.313 e. The number of hydrogen-bond acceptors (Lipinski definition) is 4. The standard InChI is InChI=1S/C19H18F3N3O3/c1-28-15-5-3-2-4-14(15)24-8-10-25(11-9-24)19(27)18(26)23-13-7-6-12(20)16(21)17(13)22/h2-7H,8-11H2,1H3,(H,23,26). The van der Waals surface area contributed by atoms with Gasteiger partial charge in [0.2, 0.25) is 0 Å². The molecule has 0 bridgehead atoms. The minimum atomic E-state index is -1.71. The van der Waals surface area contributed by atoms with Crippen molar-refractivity contribution >= 4 is 23.2 Å². The first-order valence-electron chi connectivity index (χ1n) is 8.54. The summed E-state index contributed by atoms with van der Waals surface area (Å²) in [5.41, 5.74) is 0.287. The molecule has 0 atom stereocenters. The summed E-state index contributed by atoms with van der Waals surface area (Å²) >= 11 is 0. The summed E-state index contributed by atoms with van der Waals surface area (Å²) in [6.07, 6.45) is 0. The lowest BCUT2D eigenvalue weighted by atomic mass is 10.2. The van der Waals surface area contributed by atoms with Crippen LogP contribution in [0, 0.1) is 17.5 Å². The number of para-hydroxylation sites is 2. The molecule has 0 saturated carbocycles. The molecule has 1 saturated heterocycles. The highest BCUT2D eigenvalue weighted by molar-refractivity contribution is 6.39. The highest BCUT2D eigenvalue weighted by atomic mass is 19.2. The van der Waals surface area contributed by atoms with Gasteiger partial charge in [-0.1, -0.05) is 12.1 Å². The maximum atomic E-state index is 13.7. The van der Waals surface area contributed by atoms with Crippen molar-refractivity contribution in [3.63, 3.8) is 0 Å². The zero-order valence-corrected chi connectivity index (χ0v) is 15.0. The number of ether oxygens (including phenoxy) is 1. The lowest BCUT2D eigenvalue weighted by Crippen LogP contribution is -2.51. The number of amides is 2. The van der Waals surface area contributed by atoms with Gasteiger partial charge in [-0.2, -0.15) is 0 Å². The number of benzene rings is 2. The number of piperazine rings is 1. The predicted octanol–water partition coefficient (Wildman–Crippen LogP) is 2.40. The molecule has 28 heavy (non-hydrogen) atoms. The van der Waals surface area contributed by atoms with E-state index in [1.807, 2.05) is 34.5 Å². The first-order valence-corrected chi connectivity index (χ1v) is 8.54. The number of nitrogens with zero attached hydrogens (tertiary/aromatic N) is 2. The maximum Gasteiger partial charge on any atom is 0.313 e. The molecule has 1 fully saturated rings. The van der Waals surface area contributed by atoms with Crippen LogP contribution in [0.4, 0.5) is 24.5 Å². The van der Waals surface area contributed by atoms with Gasteiger partial charge in [-0.05, 0) is 24.3 Å². The second-order valence-corrected chi connectivity index (χ2v) is 6.13. The number of rotatable bonds is 3. The van der Waals surface area contributed by atoms with Crippen LogP contribution in [0.15, 0.2) is 36.4 Å². The third-order valence-corrected chi connectivity index (χ3v) is 4.47. The Labute approximate surface area is 159 Å². The van der Waals surface area contributed by atoms with E-state index >= 15 is 0 Å². The van der Waals surface area contributed by atoms with Crippen LogP contribution in [0.5, 0.6) is 5.75 Å². The van der Waals surface area contributed by atoms with Crippen molar-refractivity contribution < 1.29 is 27.5 Å². The van der Waals surface area contributed by atoms with Gasteiger partial charge in [-0.25, -0.2) is 13.2 Å². The molecule has 0 aliphatic carbocycles. The van der Waals surface area contributed by atoms with E-state index in [1.54, 1.807) is 7.11 Å². The van der Waals surface area contributed by atoms with E-state index in [4.69, 9.17) is 4.74 Å². The van der Waals surface area contributed by atoms with Gasteiger partial charge in [0, 0.05) is 26.2 Å². The Morgan fingerprint density at radius 1 is 0.964 bits per heavy atom. The lowest BCUT2D eigenvalue weighted by Gasteiger charge is -2.36. The van der Waals surface area contributed by atoms with Gasteiger partial charge in [0.05, 0.1) is 18.5 Å². The van der Waals surface area contributed by atoms with Crippen LogP contribution < -0.4 is 15.0 Å². The number of nitrogens with one attached hydrogen (secondary N) is 1. The molecule has 1 aliphatic heterocycles. The topological polar surface area (TPSA) is 61.9 Å². The molecule has 0 radical (unpaired) electrons. The van der Waals surface area contributed by atoms with E-state index < -0.39 is 35.0 Å². The van der Waals surface area contributed by atoms with Crippen molar-refractivity contribution in [2.75, 3.05) is 43.5 Å². The molecule has 0 spiro atoms. The Bertz CT molecular complexity index is 899. The van der Waals surface area contributed by atoms with Crippen LogP contribution in [-0.2, 0) is 9.59 Å². The molecule has 1 heterocycles. The highest BCUT2D eigenvalue weighted by Gasteiger charge is 2.28. The molecule has 148 valence electrons. The van der Waals surface area contributed by atoms with Gasteiger partial charge >= 0.3 is 11.8 Å². The number of carbonyl (C=O) groups excluding carboxylic acids is 2. The van der Waals surface area contributed by atoms with Crippen molar-refractivity contribution in [2.45, 2.75) is 0 Å². The predicted molar refractivity (Wildman–Crippen MR) is 96.7 cm³/mol. The van der Waals surface area contributed by atoms with Gasteiger partial charge < -0.3 is 19.9 Å². The third-order valence-electron chi connectivity index (χ3n) is 4.47. The summed E-state index contributed by atoms with van der Waals surface area (Å²) in [5.74, 6) is -5.93. The summed E-state index contributed by atoms with van der Waals surface area (Å²) in [4.78, 5) is 27.7. The Balaban J connectivity index is 1.62. The fourth-order valence-electron chi connectivity index (χ4n) is 2.98. The second kappa shape index (κ2) is 8.20. The quantitative estimate of drug-likeness (QED) is 0.643. The summed E-state index contributed by atoms with van der Waals surface area (Å²) in [6, 6.07) is 8.98. The Morgan fingerprint density at radius 3 is 2.32 bits per heavy atom. The average molecular weight is 393 g/mol. The van der Waals surface area contributed by atoms with E-state index in [1.165, 1.54) is 4.90 Å². The van der Waals surface area contributed by atoms with Crippen molar-refractivity contribution in [3.05, 3.63) is 53.8 Å². The highest BCUT2D eigenvalue weighted by Crippen LogP contribution is 2.28. The Morgan fingerprint density at radius 2 is 1.64 bits per heavy atom. The van der Waals surface area contributed by atoms with Crippen LogP contribution in [0.3, 0.4) is 0 Å². The second-order valence-electron chi connectivity index (χ2n) is 6.13.